The summed E-state index contributed by atoms with van der Waals surface area (Å²) in [5.41, 5.74) is 4.31. The van der Waals surface area contributed by atoms with Crippen molar-refractivity contribution in [3.05, 3.63) is 58.6 Å². The Balaban J connectivity index is 1.97. The van der Waals surface area contributed by atoms with Gasteiger partial charge < -0.3 is 9.47 Å². The van der Waals surface area contributed by atoms with Crippen LogP contribution in [0.15, 0.2) is 42.5 Å². The fourth-order valence-electron chi connectivity index (χ4n) is 4.12. The highest BCUT2D eigenvalue weighted by atomic mass is 35.5. The van der Waals surface area contributed by atoms with Crippen LogP contribution < -0.4 is 0 Å². The van der Waals surface area contributed by atoms with E-state index in [1.165, 1.54) is 0 Å². The average molecular weight is 495 g/mol. The number of rotatable bonds is 5. The van der Waals surface area contributed by atoms with E-state index in [1.54, 1.807) is 4.52 Å². The number of hydrogen-bond acceptors (Lipinski definition) is 6. The molecule has 0 saturated heterocycles. The maximum absolute atomic E-state index is 12.7. The number of benzene rings is 2. The van der Waals surface area contributed by atoms with E-state index in [4.69, 9.17) is 21.1 Å². The molecule has 0 N–H and O–H groups in total. The molecule has 1 unspecified atom stereocenters. The molecule has 184 valence electrons. The largest absolute Gasteiger partial charge is 0.462 e. The molecule has 0 aliphatic carbocycles. The van der Waals surface area contributed by atoms with Crippen LogP contribution in [-0.2, 0) is 14.3 Å². The highest BCUT2D eigenvalue weighted by Gasteiger charge is 2.30. The lowest BCUT2D eigenvalue weighted by Crippen LogP contribution is -2.30. The second-order valence-corrected chi connectivity index (χ2v) is 11.2. The van der Waals surface area contributed by atoms with Gasteiger partial charge in [0.15, 0.2) is 5.65 Å². The Labute approximate surface area is 210 Å². The molecule has 7 nitrogen and oxygen atoms in total. The molecule has 0 radical (unpaired) electrons. The minimum Gasteiger partial charge on any atom is -0.462 e. The molecular formula is C27H31ClN4O3. The first-order valence-corrected chi connectivity index (χ1v) is 12.0. The van der Waals surface area contributed by atoms with Gasteiger partial charge >= 0.3 is 5.97 Å². The zero-order valence-corrected chi connectivity index (χ0v) is 22.0. The summed E-state index contributed by atoms with van der Waals surface area (Å²) in [6.45, 7) is 13.6. The molecule has 0 aliphatic heterocycles. The lowest BCUT2D eigenvalue weighted by molar-refractivity contribution is -0.162. The Morgan fingerprint density at radius 1 is 1.06 bits per heavy atom. The highest BCUT2D eigenvalue weighted by molar-refractivity contribution is 6.30. The summed E-state index contributed by atoms with van der Waals surface area (Å²) in [6, 6.07) is 13.7. The number of carbonyl (C=O) groups excluding carboxylic acids is 1. The van der Waals surface area contributed by atoms with Crippen LogP contribution in [0.25, 0.3) is 27.7 Å². The fourth-order valence-corrected chi connectivity index (χ4v) is 4.24. The van der Waals surface area contributed by atoms with Gasteiger partial charge in [-0.1, -0.05) is 23.7 Å². The zero-order valence-electron chi connectivity index (χ0n) is 21.2. The molecule has 0 spiro atoms. The number of aryl methyl sites for hydroxylation is 1. The number of aromatic nitrogens is 4. The monoisotopic (exact) mass is 494 g/mol. The molecule has 2 aromatic carbocycles. The first-order chi connectivity index (χ1) is 16.3. The third-order valence-corrected chi connectivity index (χ3v) is 5.89. The Hall–Kier alpha value is -3.03. The number of esters is 1. The Bertz CT molecular complexity index is 1380. The summed E-state index contributed by atoms with van der Waals surface area (Å²) in [4.78, 5) is 12.7. The van der Waals surface area contributed by atoms with E-state index >= 15 is 0 Å². The van der Waals surface area contributed by atoms with E-state index in [0.29, 0.717) is 10.7 Å². The standard InChI is InChI=1S/C27H31ClN4O3/c1-16-14-20-19(12-13-22-29-30-31-32(20)22)24(17-8-10-18(28)11-9-17)23(16)21(35-27(5,6)7)15-34-25(33)26(2,3)4/h8-14,21H,15H2,1-7H3. The molecule has 4 aromatic rings. The van der Waals surface area contributed by atoms with Crippen LogP contribution in [0.3, 0.4) is 0 Å². The van der Waals surface area contributed by atoms with Crippen LogP contribution in [0.1, 0.15) is 58.8 Å². The summed E-state index contributed by atoms with van der Waals surface area (Å²) in [6.07, 6.45) is -0.499. The van der Waals surface area contributed by atoms with E-state index in [9.17, 15) is 4.79 Å². The van der Waals surface area contributed by atoms with Gasteiger partial charge in [0, 0.05) is 10.4 Å². The summed E-state index contributed by atoms with van der Waals surface area (Å²) in [5.74, 6) is -0.276. The van der Waals surface area contributed by atoms with E-state index in [1.807, 2.05) is 84.9 Å². The third-order valence-electron chi connectivity index (χ3n) is 5.64. The van der Waals surface area contributed by atoms with Gasteiger partial charge in [-0.05, 0) is 111 Å². The van der Waals surface area contributed by atoms with Gasteiger partial charge in [-0.3, -0.25) is 4.79 Å². The number of hydrogen-bond donors (Lipinski definition) is 0. The molecule has 4 rings (SSSR count). The van der Waals surface area contributed by atoms with Crippen molar-refractivity contribution in [2.45, 2.75) is 60.2 Å². The molecular weight excluding hydrogens is 464 g/mol. The van der Waals surface area contributed by atoms with Crippen molar-refractivity contribution < 1.29 is 14.3 Å². The van der Waals surface area contributed by atoms with Crippen molar-refractivity contribution in [2.75, 3.05) is 6.61 Å². The van der Waals surface area contributed by atoms with Gasteiger partial charge in [0.2, 0.25) is 0 Å². The summed E-state index contributed by atoms with van der Waals surface area (Å²) < 4.78 is 14.0. The van der Waals surface area contributed by atoms with Crippen molar-refractivity contribution in [1.82, 2.24) is 20.0 Å². The molecule has 2 aromatic heterocycles. The van der Waals surface area contributed by atoms with Crippen molar-refractivity contribution in [1.29, 1.82) is 0 Å². The number of tetrazole rings is 1. The number of halogens is 1. The number of carbonyl (C=O) groups is 1. The molecule has 1 atom stereocenters. The first-order valence-electron chi connectivity index (χ1n) is 11.6. The van der Waals surface area contributed by atoms with Gasteiger partial charge in [-0.2, -0.15) is 4.52 Å². The first kappa shape index (κ1) is 25.1. The van der Waals surface area contributed by atoms with Gasteiger partial charge in [0.1, 0.15) is 12.7 Å². The maximum Gasteiger partial charge on any atom is 0.311 e. The van der Waals surface area contributed by atoms with E-state index in [0.717, 1.165) is 33.2 Å². The Morgan fingerprint density at radius 3 is 2.37 bits per heavy atom. The maximum atomic E-state index is 12.7. The molecule has 0 bridgehead atoms. The number of pyridine rings is 1. The molecule has 8 heteroatoms. The van der Waals surface area contributed by atoms with Crippen molar-refractivity contribution in [3.8, 4) is 11.1 Å². The lowest BCUT2D eigenvalue weighted by Gasteiger charge is -2.31. The predicted molar refractivity (Wildman–Crippen MR) is 137 cm³/mol. The van der Waals surface area contributed by atoms with E-state index in [-0.39, 0.29) is 12.6 Å². The Kier molecular flexibility index (Phi) is 6.60. The summed E-state index contributed by atoms with van der Waals surface area (Å²) >= 11 is 6.22. The Morgan fingerprint density at radius 2 is 1.74 bits per heavy atom. The van der Waals surface area contributed by atoms with E-state index in [2.05, 4.69) is 21.6 Å². The van der Waals surface area contributed by atoms with Gasteiger partial charge in [-0.15, -0.1) is 5.10 Å². The fraction of sp³-hybridized carbons (Fsp3) is 0.407. The quantitative estimate of drug-likeness (QED) is 0.301. The summed E-state index contributed by atoms with van der Waals surface area (Å²) in [5, 5.41) is 13.7. The van der Waals surface area contributed by atoms with Crippen LogP contribution in [0.5, 0.6) is 0 Å². The number of ether oxygens (including phenoxy) is 2. The zero-order chi connectivity index (χ0) is 25.5. The summed E-state index contributed by atoms with van der Waals surface area (Å²) in [7, 11) is 0. The minimum atomic E-state index is -0.616. The molecule has 0 amide bonds. The van der Waals surface area contributed by atoms with Crippen molar-refractivity contribution >= 4 is 34.1 Å². The van der Waals surface area contributed by atoms with Crippen molar-refractivity contribution in [3.63, 3.8) is 0 Å². The molecule has 0 fully saturated rings. The molecule has 0 saturated carbocycles. The third kappa shape index (κ3) is 5.31. The second kappa shape index (κ2) is 9.21. The van der Waals surface area contributed by atoms with Gasteiger partial charge in [0.05, 0.1) is 16.5 Å². The number of fused-ring (bicyclic) bond motifs is 3. The highest BCUT2D eigenvalue weighted by Crippen LogP contribution is 2.41. The SMILES string of the molecule is Cc1cc2c(ccc3nnnn32)c(-c2ccc(Cl)cc2)c1C(COC(=O)C(C)(C)C)OC(C)(C)C. The number of nitrogens with zero attached hydrogens (tertiary/aromatic N) is 4. The second-order valence-electron chi connectivity index (χ2n) is 10.8. The average Bonchev–Trinajstić information content (AvgIpc) is 3.24. The molecule has 35 heavy (non-hydrogen) atoms. The lowest BCUT2D eigenvalue weighted by atomic mass is 9.88. The predicted octanol–water partition coefficient (Wildman–Crippen LogP) is 6.35. The van der Waals surface area contributed by atoms with Crippen LogP contribution in [0.2, 0.25) is 5.02 Å². The van der Waals surface area contributed by atoms with Gasteiger partial charge in [0.25, 0.3) is 0 Å². The smallest absolute Gasteiger partial charge is 0.311 e. The van der Waals surface area contributed by atoms with Crippen LogP contribution >= 0.6 is 11.6 Å². The van der Waals surface area contributed by atoms with Crippen LogP contribution in [0, 0.1) is 12.3 Å². The van der Waals surface area contributed by atoms with Crippen LogP contribution in [0.4, 0.5) is 0 Å². The molecule has 0 aliphatic rings. The van der Waals surface area contributed by atoms with E-state index < -0.39 is 17.1 Å². The topological polar surface area (TPSA) is 78.6 Å². The van der Waals surface area contributed by atoms with Gasteiger partial charge in [-0.25, -0.2) is 0 Å². The normalized spacial score (nSPS) is 13.4. The van der Waals surface area contributed by atoms with Crippen LogP contribution in [-0.4, -0.2) is 38.2 Å². The van der Waals surface area contributed by atoms with Crippen molar-refractivity contribution in [2.24, 2.45) is 5.41 Å². The molecule has 2 heterocycles. The minimum absolute atomic E-state index is 0.0907.